The number of hydrogen-bond acceptors (Lipinski definition) is 6. The van der Waals surface area contributed by atoms with Crippen LogP contribution in [0.4, 0.5) is 0 Å². The van der Waals surface area contributed by atoms with Gasteiger partial charge in [-0.15, -0.1) is 0 Å². The molecule has 9 heteroatoms. The predicted molar refractivity (Wildman–Crippen MR) is 122 cm³/mol. The molecule has 2 aromatic carbocycles. The smallest absolute Gasteiger partial charge is 0.295 e. The van der Waals surface area contributed by atoms with Gasteiger partial charge in [-0.1, -0.05) is 41.4 Å². The number of nitrogens with zero attached hydrogens (tertiary/aromatic N) is 1. The number of halogens is 2. The average Bonchev–Trinajstić information content (AvgIpc) is 3.03. The topological polar surface area (TPSA) is 85.3 Å². The molecule has 0 radical (unpaired) electrons. The van der Waals surface area contributed by atoms with Crippen LogP contribution in [0.15, 0.2) is 42.0 Å². The molecule has 0 aliphatic carbocycles. The molecule has 0 bridgehead atoms. The third kappa shape index (κ3) is 4.41. The number of aliphatic hydroxyl groups excluding tert-OH is 1. The van der Waals surface area contributed by atoms with Crippen LogP contribution in [0.25, 0.3) is 5.76 Å². The minimum absolute atomic E-state index is 0.0748. The quantitative estimate of drug-likeness (QED) is 0.260. The zero-order valence-electron chi connectivity index (χ0n) is 17.9. The Bertz CT molecular complexity index is 1050. The minimum Gasteiger partial charge on any atom is -0.507 e. The fraction of sp³-hybridized carbons (Fsp3) is 0.304. The van der Waals surface area contributed by atoms with E-state index in [1.54, 1.807) is 31.4 Å². The molecule has 3 rings (SSSR count). The number of Topliss-reactive ketones (excluding diaryl/α,β-unsaturated/α-hetero) is 1. The Morgan fingerprint density at radius 2 is 1.72 bits per heavy atom. The summed E-state index contributed by atoms with van der Waals surface area (Å²) in [6, 6.07) is 9.03. The SMILES string of the molecule is COCCCN1C(=O)C(=O)/C(=C(/O)c2cc(Cl)c(OC)c(Cl)c2)C1c1ccccc1OC. The van der Waals surface area contributed by atoms with Crippen LogP contribution >= 0.6 is 23.2 Å². The minimum atomic E-state index is -0.859. The average molecular weight is 480 g/mol. The Hall–Kier alpha value is -2.74. The first kappa shape index (κ1) is 23.9. The first-order valence-electron chi connectivity index (χ1n) is 9.79. The molecule has 1 atom stereocenters. The first-order chi connectivity index (χ1) is 15.3. The van der Waals surface area contributed by atoms with Gasteiger partial charge < -0.3 is 24.2 Å². The second kappa shape index (κ2) is 10.3. The highest BCUT2D eigenvalue weighted by atomic mass is 35.5. The maximum absolute atomic E-state index is 13.1. The molecule has 1 aliphatic rings. The van der Waals surface area contributed by atoms with Crippen molar-refractivity contribution < 1.29 is 28.9 Å². The number of para-hydroxylation sites is 1. The van der Waals surface area contributed by atoms with Crippen LogP contribution in [-0.4, -0.2) is 56.2 Å². The zero-order chi connectivity index (χ0) is 23.4. The molecule has 32 heavy (non-hydrogen) atoms. The lowest BCUT2D eigenvalue weighted by Gasteiger charge is -2.26. The highest BCUT2D eigenvalue weighted by molar-refractivity contribution is 6.46. The molecule has 0 spiro atoms. The van der Waals surface area contributed by atoms with E-state index < -0.39 is 17.7 Å². The van der Waals surface area contributed by atoms with Crippen LogP contribution in [0.5, 0.6) is 11.5 Å². The van der Waals surface area contributed by atoms with E-state index in [2.05, 4.69) is 0 Å². The third-order valence-electron chi connectivity index (χ3n) is 5.20. The summed E-state index contributed by atoms with van der Waals surface area (Å²) in [5.74, 6) is -1.19. The van der Waals surface area contributed by atoms with Crippen molar-refractivity contribution in [2.45, 2.75) is 12.5 Å². The summed E-state index contributed by atoms with van der Waals surface area (Å²) in [6.07, 6.45) is 0.509. The lowest BCUT2D eigenvalue weighted by Crippen LogP contribution is -2.31. The second-order valence-electron chi connectivity index (χ2n) is 7.05. The number of amides is 1. The molecule has 0 saturated carbocycles. The Morgan fingerprint density at radius 3 is 2.31 bits per heavy atom. The summed E-state index contributed by atoms with van der Waals surface area (Å²) in [5, 5.41) is 11.5. The number of ketones is 1. The Kier molecular flexibility index (Phi) is 7.66. The summed E-state index contributed by atoms with van der Waals surface area (Å²) >= 11 is 12.5. The van der Waals surface area contributed by atoms with Gasteiger partial charge in [0.1, 0.15) is 11.5 Å². The number of hydrogen-bond donors (Lipinski definition) is 1. The van der Waals surface area contributed by atoms with Gasteiger partial charge in [-0.25, -0.2) is 0 Å². The summed E-state index contributed by atoms with van der Waals surface area (Å²) < 4.78 is 15.7. The highest BCUT2D eigenvalue weighted by Crippen LogP contribution is 2.44. The van der Waals surface area contributed by atoms with E-state index in [1.165, 1.54) is 31.3 Å². The van der Waals surface area contributed by atoms with Crippen LogP contribution in [0.3, 0.4) is 0 Å². The van der Waals surface area contributed by atoms with Crippen molar-refractivity contribution in [3.8, 4) is 11.5 Å². The van der Waals surface area contributed by atoms with E-state index in [0.29, 0.717) is 24.3 Å². The first-order valence-corrected chi connectivity index (χ1v) is 10.5. The number of aliphatic hydroxyl groups is 1. The fourth-order valence-electron chi connectivity index (χ4n) is 3.75. The number of carbonyl (C=O) groups excluding carboxylic acids is 2. The van der Waals surface area contributed by atoms with Gasteiger partial charge in [-0.3, -0.25) is 9.59 Å². The lowest BCUT2D eigenvalue weighted by atomic mass is 9.94. The highest BCUT2D eigenvalue weighted by Gasteiger charge is 2.46. The largest absolute Gasteiger partial charge is 0.507 e. The van der Waals surface area contributed by atoms with Crippen molar-refractivity contribution in [2.24, 2.45) is 0 Å². The fourth-order valence-corrected chi connectivity index (χ4v) is 4.39. The molecule has 1 amide bonds. The monoisotopic (exact) mass is 479 g/mol. The van der Waals surface area contributed by atoms with E-state index >= 15 is 0 Å². The molecular formula is C23H23Cl2NO6. The Morgan fingerprint density at radius 1 is 1.06 bits per heavy atom. The zero-order valence-corrected chi connectivity index (χ0v) is 19.4. The van der Waals surface area contributed by atoms with E-state index in [1.807, 2.05) is 0 Å². The maximum atomic E-state index is 13.1. The number of benzene rings is 2. The van der Waals surface area contributed by atoms with Crippen LogP contribution in [0.1, 0.15) is 23.6 Å². The van der Waals surface area contributed by atoms with Crippen molar-refractivity contribution in [3.05, 3.63) is 63.1 Å². The van der Waals surface area contributed by atoms with Crippen molar-refractivity contribution >= 4 is 40.7 Å². The van der Waals surface area contributed by atoms with E-state index in [-0.39, 0.29) is 39.2 Å². The van der Waals surface area contributed by atoms with Crippen LogP contribution in [-0.2, 0) is 14.3 Å². The van der Waals surface area contributed by atoms with Gasteiger partial charge in [0.2, 0.25) is 0 Å². The van der Waals surface area contributed by atoms with Crippen LogP contribution < -0.4 is 9.47 Å². The van der Waals surface area contributed by atoms with Gasteiger partial charge in [-0.05, 0) is 24.6 Å². The second-order valence-corrected chi connectivity index (χ2v) is 7.87. The molecule has 1 heterocycles. The maximum Gasteiger partial charge on any atom is 0.295 e. The van der Waals surface area contributed by atoms with E-state index in [9.17, 15) is 14.7 Å². The molecule has 0 aromatic heterocycles. The molecule has 1 N–H and O–H groups in total. The van der Waals surface area contributed by atoms with Crippen LogP contribution in [0, 0.1) is 0 Å². The van der Waals surface area contributed by atoms with Crippen molar-refractivity contribution in [2.75, 3.05) is 34.5 Å². The Balaban J connectivity index is 2.21. The number of carbonyl (C=O) groups is 2. The lowest BCUT2D eigenvalue weighted by molar-refractivity contribution is -0.140. The molecule has 1 aliphatic heterocycles. The predicted octanol–water partition coefficient (Wildman–Crippen LogP) is 4.47. The van der Waals surface area contributed by atoms with Gasteiger partial charge >= 0.3 is 0 Å². The molecule has 7 nitrogen and oxygen atoms in total. The van der Waals surface area contributed by atoms with Gasteiger partial charge in [0.05, 0.1) is 35.9 Å². The number of rotatable bonds is 8. The van der Waals surface area contributed by atoms with Crippen molar-refractivity contribution in [3.63, 3.8) is 0 Å². The molecular weight excluding hydrogens is 457 g/mol. The standard InChI is InChI=1S/C23H23Cl2NO6/c1-30-10-6-9-26-19(14-7-4-5-8-17(14)31-2)18(21(28)23(26)29)20(27)13-11-15(24)22(32-3)16(25)12-13/h4-5,7-8,11-12,19,27H,6,9-10H2,1-3H3/b20-18+. The van der Waals surface area contributed by atoms with Crippen molar-refractivity contribution in [1.82, 2.24) is 4.90 Å². The van der Waals surface area contributed by atoms with E-state index in [4.69, 9.17) is 37.4 Å². The molecule has 1 saturated heterocycles. The van der Waals surface area contributed by atoms with Gasteiger partial charge in [0, 0.05) is 31.4 Å². The number of methoxy groups -OCH3 is 3. The number of likely N-dealkylation sites (tertiary alicyclic amines) is 1. The summed E-state index contributed by atoms with van der Waals surface area (Å²) in [6.45, 7) is 0.660. The number of ether oxygens (including phenoxy) is 3. The van der Waals surface area contributed by atoms with Gasteiger partial charge in [0.25, 0.3) is 11.7 Å². The normalized spacial score (nSPS) is 17.7. The summed E-state index contributed by atoms with van der Waals surface area (Å²) in [7, 11) is 4.47. The molecule has 1 unspecified atom stereocenters. The molecule has 1 fully saturated rings. The third-order valence-corrected chi connectivity index (χ3v) is 5.76. The van der Waals surface area contributed by atoms with Crippen LogP contribution in [0.2, 0.25) is 10.0 Å². The summed E-state index contributed by atoms with van der Waals surface area (Å²) in [4.78, 5) is 27.4. The molecule has 2 aromatic rings. The van der Waals surface area contributed by atoms with Gasteiger partial charge in [0.15, 0.2) is 5.75 Å². The van der Waals surface area contributed by atoms with Crippen molar-refractivity contribution in [1.29, 1.82) is 0 Å². The summed E-state index contributed by atoms with van der Waals surface area (Å²) in [5.41, 5.74) is 0.684. The molecule has 170 valence electrons. The van der Waals surface area contributed by atoms with Gasteiger partial charge in [-0.2, -0.15) is 0 Å². The van der Waals surface area contributed by atoms with E-state index in [0.717, 1.165) is 0 Å². The Labute approximate surface area is 196 Å².